The van der Waals surface area contributed by atoms with Crippen LogP contribution < -0.4 is 4.74 Å². The third-order valence-corrected chi connectivity index (χ3v) is 5.20. The van der Waals surface area contributed by atoms with E-state index in [4.69, 9.17) is 16.3 Å². The summed E-state index contributed by atoms with van der Waals surface area (Å²) < 4.78 is 6.00. The molecule has 4 rings (SSSR count). The third kappa shape index (κ3) is 3.76. The molecule has 28 heavy (non-hydrogen) atoms. The van der Waals surface area contributed by atoms with Gasteiger partial charge < -0.3 is 9.64 Å². The van der Waals surface area contributed by atoms with E-state index in [2.05, 4.69) is 17.1 Å². The summed E-state index contributed by atoms with van der Waals surface area (Å²) in [5.74, 6) is 0.871. The number of H-pyrrole nitrogens is 1. The van der Waals surface area contributed by atoms with E-state index in [9.17, 15) is 4.79 Å². The molecule has 1 amide bonds. The number of carbonyl (C=O) groups excluding carboxylic acids is 1. The van der Waals surface area contributed by atoms with E-state index < -0.39 is 0 Å². The molecule has 1 aliphatic rings. The van der Waals surface area contributed by atoms with E-state index in [1.165, 1.54) is 0 Å². The highest BCUT2D eigenvalue weighted by Gasteiger charge is 2.27. The fourth-order valence-electron chi connectivity index (χ4n) is 3.45. The van der Waals surface area contributed by atoms with Gasteiger partial charge in [0.2, 0.25) is 0 Å². The maximum absolute atomic E-state index is 12.4. The van der Waals surface area contributed by atoms with Gasteiger partial charge in [0.15, 0.2) is 0 Å². The van der Waals surface area contributed by atoms with Crippen molar-refractivity contribution in [1.29, 1.82) is 0 Å². The second-order valence-electron chi connectivity index (χ2n) is 6.97. The van der Waals surface area contributed by atoms with Gasteiger partial charge in [0.1, 0.15) is 12.4 Å². The summed E-state index contributed by atoms with van der Waals surface area (Å²) in [4.78, 5) is 14.4. The summed E-state index contributed by atoms with van der Waals surface area (Å²) in [6, 6.07) is 13.3. The van der Waals surface area contributed by atoms with Crippen molar-refractivity contribution in [2.24, 2.45) is 0 Å². The molecule has 0 aliphatic carbocycles. The minimum Gasteiger partial charge on any atom is -0.489 e. The van der Waals surface area contributed by atoms with E-state index in [1.807, 2.05) is 47.4 Å². The molecule has 1 N–H and O–H groups in total. The van der Waals surface area contributed by atoms with E-state index in [1.54, 1.807) is 6.20 Å². The lowest BCUT2D eigenvalue weighted by Crippen LogP contribution is -2.24. The molecule has 1 aliphatic heterocycles. The second kappa shape index (κ2) is 8.07. The Morgan fingerprint density at radius 2 is 2.14 bits per heavy atom. The van der Waals surface area contributed by atoms with Crippen LogP contribution in [-0.2, 0) is 13.2 Å². The zero-order valence-electron chi connectivity index (χ0n) is 15.7. The number of aromatic nitrogens is 2. The van der Waals surface area contributed by atoms with Crippen LogP contribution in [0.15, 0.2) is 48.7 Å². The fraction of sp³-hybridized carbons (Fsp3) is 0.273. The zero-order valence-corrected chi connectivity index (χ0v) is 16.5. The first-order chi connectivity index (χ1) is 13.7. The van der Waals surface area contributed by atoms with Crippen LogP contribution in [0.4, 0.5) is 0 Å². The highest BCUT2D eigenvalue weighted by molar-refractivity contribution is 6.30. The number of nitrogens with one attached hydrogen (secondary N) is 1. The molecule has 0 atom stereocenters. The highest BCUT2D eigenvalue weighted by atomic mass is 35.5. The second-order valence-corrected chi connectivity index (χ2v) is 7.40. The van der Waals surface area contributed by atoms with Crippen molar-refractivity contribution in [2.75, 3.05) is 6.54 Å². The first-order valence-electron chi connectivity index (χ1n) is 9.49. The van der Waals surface area contributed by atoms with Gasteiger partial charge in [-0.15, -0.1) is 0 Å². The van der Waals surface area contributed by atoms with Gasteiger partial charge in [0.05, 0.1) is 11.9 Å². The van der Waals surface area contributed by atoms with Crippen molar-refractivity contribution in [3.05, 3.63) is 70.4 Å². The number of ether oxygens (including phenoxy) is 1. The molecule has 0 spiro atoms. The van der Waals surface area contributed by atoms with Crippen LogP contribution in [0.1, 0.15) is 41.3 Å². The SMILES string of the molecule is CCCCN1Cc2cc(OCc3cn[nH]c3-c3cccc(Cl)c3)ccc2C1=O. The van der Waals surface area contributed by atoms with Crippen molar-refractivity contribution in [3.8, 4) is 17.0 Å². The van der Waals surface area contributed by atoms with Crippen molar-refractivity contribution in [2.45, 2.75) is 32.9 Å². The Morgan fingerprint density at radius 3 is 2.96 bits per heavy atom. The van der Waals surface area contributed by atoms with Gasteiger partial charge in [-0.1, -0.05) is 37.1 Å². The predicted molar refractivity (Wildman–Crippen MR) is 109 cm³/mol. The number of amides is 1. The lowest BCUT2D eigenvalue weighted by molar-refractivity contribution is 0.0776. The van der Waals surface area contributed by atoms with Crippen molar-refractivity contribution >= 4 is 17.5 Å². The van der Waals surface area contributed by atoms with Gasteiger partial charge in [-0.3, -0.25) is 9.89 Å². The molecule has 5 nitrogen and oxygen atoms in total. The number of halogens is 1. The number of unbranched alkanes of at least 4 members (excludes halogenated alkanes) is 1. The zero-order chi connectivity index (χ0) is 19.5. The molecule has 144 valence electrons. The molecular formula is C22H22ClN3O2. The topological polar surface area (TPSA) is 58.2 Å². The highest BCUT2D eigenvalue weighted by Crippen LogP contribution is 2.29. The smallest absolute Gasteiger partial charge is 0.254 e. The number of benzene rings is 2. The Kier molecular flexibility index (Phi) is 5.35. The Bertz CT molecular complexity index is 999. The molecule has 1 aromatic heterocycles. The minimum atomic E-state index is 0.119. The van der Waals surface area contributed by atoms with Crippen LogP contribution in [0.2, 0.25) is 5.02 Å². The molecule has 0 radical (unpaired) electrons. The van der Waals surface area contributed by atoms with Crippen molar-refractivity contribution in [1.82, 2.24) is 15.1 Å². The predicted octanol–water partition coefficient (Wildman–Crippen LogP) is 5.07. The van der Waals surface area contributed by atoms with Gasteiger partial charge >= 0.3 is 0 Å². The summed E-state index contributed by atoms with van der Waals surface area (Å²) in [5, 5.41) is 7.84. The Labute approximate surface area is 169 Å². The van der Waals surface area contributed by atoms with Crippen LogP contribution in [-0.4, -0.2) is 27.5 Å². The summed E-state index contributed by atoms with van der Waals surface area (Å²) in [6.07, 6.45) is 3.86. The number of rotatable bonds is 7. The molecule has 3 aromatic rings. The molecule has 0 saturated heterocycles. The average Bonchev–Trinajstić information content (AvgIpc) is 3.29. The lowest BCUT2D eigenvalue weighted by atomic mass is 10.1. The Balaban J connectivity index is 1.47. The molecule has 0 fully saturated rings. The van der Waals surface area contributed by atoms with Gasteiger partial charge in [0.25, 0.3) is 5.91 Å². The third-order valence-electron chi connectivity index (χ3n) is 4.96. The van der Waals surface area contributed by atoms with Crippen LogP contribution in [0.5, 0.6) is 5.75 Å². The van der Waals surface area contributed by atoms with Crippen LogP contribution in [0.3, 0.4) is 0 Å². The first kappa shape index (κ1) is 18.6. The maximum Gasteiger partial charge on any atom is 0.254 e. The number of carbonyl (C=O) groups is 1. The average molecular weight is 396 g/mol. The molecule has 0 bridgehead atoms. The Morgan fingerprint density at radius 1 is 1.25 bits per heavy atom. The largest absolute Gasteiger partial charge is 0.489 e. The van der Waals surface area contributed by atoms with Gasteiger partial charge in [-0.2, -0.15) is 5.10 Å². The number of nitrogens with zero attached hydrogens (tertiary/aromatic N) is 2. The van der Waals surface area contributed by atoms with Gasteiger partial charge in [-0.25, -0.2) is 0 Å². The van der Waals surface area contributed by atoms with Gasteiger partial charge in [0, 0.05) is 34.8 Å². The minimum absolute atomic E-state index is 0.119. The van der Waals surface area contributed by atoms with Crippen LogP contribution in [0, 0.1) is 0 Å². The number of hydrogen-bond donors (Lipinski definition) is 1. The monoisotopic (exact) mass is 395 g/mol. The number of fused-ring (bicyclic) bond motifs is 1. The van der Waals surface area contributed by atoms with E-state index in [0.717, 1.165) is 53.1 Å². The summed E-state index contributed by atoms with van der Waals surface area (Å²) >= 11 is 6.10. The lowest BCUT2D eigenvalue weighted by Gasteiger charge is -2.14. The van der Waals surface area contributed by atoms with E-state index >= 15 is 0 Å². The normalized spacial score (nSPS) is 13.1. The van der Waals surface area contributed by atoms with Gasteiger partial charge in [-0.05, 0) is 42.3 Å². The summed E-state index contributed by atoms with van der Waals surface area (Å²) in [6.45, 7) is 3.97. The molecular weight excluding hydrogens is 374 g/mol. The van der Waals surface area contributed by atoms with Crippen molar-refractivity contribution < 1.29 is 9.53 Å². The summed E-state index contributed by atoms with van der Waals surface area (Å²) in [7, 11) is 0. The van der Waals surface area contributed by atoms with Crippen LogP contribution >= 0.6 is 11.6 Å². The molecule has 2 aromatic carbocycles. The maximum atomic E-state index is 12.4. The number of hydrogen-bond acceptors (Lipinski definition) is 3. The molecule has 6 heteroatoms. The van der Waals surface area contributed by atoms with E-state index in [0.29, 0.717) is 18.2 Å². The fourth-order valence-corrected chi connectivity index (χ4v) is 3.64. The van der Waals surface area contributed by atoms with Crippen LogP contribution in [0.25, 0.3) is 11.3 Å². The molecule has 0 unspecified atom stereocenters. The first-order valence-corrected chi connectivity index (χ1v) is 9.86. The number of aromatic amines is 1. The Hall–Kier alpha value is -2.79. The standard InChI is InChI=1S/C22H22ClN3O2/c1-2-3-9-26-13-16-11-19(7-8-20(16)22(26)27)28-14-17-12-24-25-21(17)15-5-4-6-18(23)10-15/h4-8,10-12H,2-3,9,13-14H2,1H3,(H,24,25). The quantitative estimate of drug-likeness (QED) is 0.608. The van der Waals surface area contributed by atoms with E-state index in [-0.39, 0.29) is 5.91 Å². The van der Waals surface area contributed by atoms with Crippen molar-refractivity contribution in [3.63, 3.8) is 0 Å². The summed E-state index contributed by atoms with van der Waals surface area (Å²) in [5.41, 5.74) is 4.62. The molecule has 2 heterocycles. The molecule has 0 saturated carbocycles.